The van der Waals surface area contributed by atoms with E-state index in [2.05, 4.69) is 21.9 Å². The zero-order valence-electron chi connectivity index (χ0n) is 17.9. The van der Waals surface area contributed by atoms with E-state index in [1.54, 1.807) is 6.92 Å². The molecule has 0 radical (unpaired) electrons. The summed E-state index contributed by atoms with van der Waals surface area (Å²) in [5.41, 5.74) is 0.100. The third-order valence-electron chi connectivity index (χ3n) is 4.95. The molecule has 0 fully saturated rings. The zero-order valence-corrected chi connectivity index (χ0v) is 18.7. The lowest BCUT2D eigenvalue weighted by Gasteiger charge is -2.24. The van der Waals surface area contributed by atoms with E-state index in [-0.39, 0.29) is 18.3 Å². The van der Waals surface area contributed by atoms with Gasteiger partial charge in [0.25, 0.3) is 6.43 Å². The summed E-state index contributed by atoms with van der Waals surface area (Å²) in [7, 11) is -5.24. The summed E-state index contributed by atoms with van der Waals surface area (Å²) in [6.45, 7) is 6.37. The van der Waals surface area contributed by atoms with E-state index in [0.717, 1.165) is 12.1 Å². The van der Waals surface area contributed by atoms with Crippen LogP contribution in [0.5, 0.6) is 0 Å². The van der Waals surface area contributed by atoms with Gasteiger partial charge in [-0.2, -0.15) is 8.78 Å². The summed E-state index contributed by atoms with van der Waals surface area (Å²) >= 11 is 0. The number of nitrogens with one attached hydrogen (secondary N) is 1. The molecule has 0 amide bonds. The standard InChI is InChI=1S/C21H21F5N4O2S/c1-11-8-16-15(9-30(11)10-18(22)23)20(29-13(3)28-16)27-12(2)14-6-5-7-17(19(14)24)33(31,32)21(4,25)26/h5-9,12,18H,1,10H2,2-4H3,(H,27,28,29)/t12-/m1/s1. The van der Waals surface area contributed by atoms with E-state index >= 15 is 4.39 Å². The number of rotatable bonds is 7. The van der Waals surface area contributed by atoms with Crippen molar-refractivity contribution in [3.8, 4) is 0 Å². The highest BCUT2D eigenvalue weighted by atomic mass is 32.2. The first-order chi connectivity index (χ1) is 15.2. The molecule has 6 nitrogen and oxygen atoms in total. The number of fused-ring (bicyclic) bond motifs is 1. The van der Waals surface area contributed by atoms with Gasteiger partial charge in [0.05, 0.1) is 23.2 Å². The second-order valence-corrected chi connectivity index (χ2v) is 9.73. The molecule has 1 aromatic heterocycles. The van der Waals surface area contributed by atoms with E-state index < -0.39 is 44.8 Å². The molecule has 3 rings (SSSR count). The van der Waals surface area contributed by atoms with Gasteiger partial charge in [-0.3, -0.25) is 0 Å². The van der Waals surface area contributed by atoms with Gasteiger partial charge in [-0.05, 0) is 26.0 Å². The van der Waals surface area contributed by atoms with Crippen LogP contribution >= 0.6 is 0 Å². The molecular formula is C21H21F5N4O2S. The van der Waals surface area contributed by atoms with E-state index in [4.69, 9.17) is 0 Å². The van der Waals surface area contributed by atoms with Crippen LogP contribution in [0.15, 0.2) is 35.4 Å². The third kappa shape index (κ3) is 4.85. The number of allylic oxidation sites excluding steroid dienone is 1. The Balaban J connectivity index is 2.06. The lowest BCUT2D eigenvalue weighted by Crippen LogP contribution is -2.41. The average Bonchev–Trinajstić information content (AvgIpc) is 2.67. The largest absolute Gasteiger partial charge is 0.363 e. The summed E-state index contributed by atoms with van der Waals surface area (Å²) in [5, 5.41) is -0.532. The molecule has 2 aromatic rings. The van der Waals surface area contributed by atoms with Crippen molar-refractivity contribution in [1.29, 1.82) is 0 Å². The van der Waals surface area contributed by atoms with Crippen molar-refractivity contribution in [3.63, 3.8) is 0 Å². The monoisotopic (exact) mass is 488 g/mol. The summed E-state index contributed by atoms with van der Waals surface area (Å²) in [6, 6.07) is 2.25. The van der Waals surface area contributed by atoms with Crippen LogP contribution in [0.1, 0.15) is 31.3 Å². The smallest absolute Gasteiger partial charge is 0.347 e. The second-order valence-electron chi connectivity index (χ2n) is 7.56. The van der Waals surface area contributed by atoms with Gasteiger partial charge in [0.1, 0.15) is 22.4 Å². The van der Waals surface area contributed by atoms with Crippen molar-refractivity contribution in [2.75, 3.05) is 11.9 Å². The molecular weight excluding hydrogens is 467 g/mol. The predicted octanol–water partition coefficient (Wildman–Crippen LogP) is 3.10. The van der Waals surface area contributed by atoms with Gasteiger partial charge in [0.15, 0.2) is 0 Å². The molecule has 178 valence electrons. The molecule has 0 saturated heterocycles. The first-order valence-electron chi connectivity index (χ1n) is 9.71. The molecule has 0 bridgehead atoms. The van der Waals surface area contributed by atoms with Crippen LogP contribution in [0.4, 0.5) is 27.8 Å². The number of aromatic nitrogens is 2. The molecule has 0 saturated carbocycles. The molecule has 12 heteroatoms. The summed E-state index contributed by atoms with van der Waals surface area (Å²) in [4.78, 5) is 8.61. The normalized spacial score (nSPS) is 15.1. The molecule has 33 heavy (non-hydrogen) atoms. The maximum atomic E-state index is 15.0. The van der Waals surface area contributed by atoms with Gasteiger partial charge >= 0.3 is 5.25 Å². The lowest BCUT2D eigenvalue weighted by atomic mass is 10.1. The Morgan fingerprint density at radius 1 is 1.24 bits per heavy atom. The minimum absolute atomic E-state index is 0.168. The highest BCUT2D eigenvalue weighted by Gasteiger charge is 2.43. The van der Waals surface area contributed by atoms with Crippen molar-refractivity contribution in [3.05, 3.63) is 58.2 Å². The Morgan fingerprint density at radius 2 is 1.91 bits per heavy atom. The number of hydrogen-bond donors (Lipinski definition) is 1. The fraction of sp³-hybridized carbons (Fsp3) is 0.333. The number of nitrogens with zero attached hydrogens (tertiary/aromatic N) is 3. The van der Waals surface area contributed by atoms with Gasteiger partial charge in [-0.1, -0.05) is 18.7 Å². The van der Waals surface area contributed by atoms with Crippen LogP contribution in [-0.2, 0) is 9.84 Å². The lowest BCUT2D eigenvalue weighted by molar-refractivity contribution is 0.114. The Bertz CT molecular complexity index is 1320. The molecule has 1 aliphatic rings. The van der Waals surface area contributed by atoms with Crippen LogP contribution in [0.2, 0.25) is 0 Å². The molecule has 0 spiro atoms. The summed E-state index contributed by atoms with van der Waals surface area (Å²) in [5.74, 6) is -0.825. The minimum atomic E-state index is -5.24. The molecule has 0 aliphatic carbocycles. The Hall–Kier alpha value is -3.02. The van der Waals surface area contributed by atoms with Gasteiger partial charge in [-0.25, -0.2) is 31.6 Å². The molecule has 1 aliphatic heterocycles. The Labute approximate surface area is 187 Å². The molecule has 1 N–H and O–H groups in total. The van der Waals surface area contributed by atoms with Crippen molar-refractivity contribution in [1.82, 2.24) is 14.9 Å². The number of aryl methyl sites for hydroxylation is 1. The quantitative estimate of drug-likeness (QED) is 0.604. The van der Waals surface area contributed by atoms with Gasteiger partial charge in [-0.15, -0.1) is 0 Å². The van der Waals surface area contributed by atoms with Gasteiger partial charge < -0.3 is 10.2 Å². The topological polar surface area (TPSA) is 75.2 Å². The van der Waals surface area contributed by atoms with Crippen molar-refractivity contribution in [2.24, 2.45) is 0 Å². The molecule has 1 aromatic carbocycles. The number of sulfone groups is 1. The zero-order chi connectivity index (χ0) is 24.7. The van der Waals surface area contributed by atoms with Crippen LogP contribution in [0.25, 0.3) is 12.3 Å². The van der Waals surface area contributed by atoms with E-state index in [1.807, 2.05) is 0 Å². The Morgan fingerprint density at radius 3 is 2.52 bits per heavy atom. The summed E-state index contributed by atoms with van der Waals surface area (Å²) in [6.07, 6.45) is 0.247. The maximum Gasteiger partial charge on any atom is 0.347 e. The molecule has 1 atom stereocenters. The Kier molecular flexibility index (Phi) is 6.51. The van der Waals surface area contributed by atoms with Crippen LogP contribution < -0.4 is 15.9 Å². The van der Waals surface area contributed by atoms with Gasteiger partial charge in [0, 0.05) is 24.4 Å². The number of anilines is 1. The fourth-order valence-electron chi connectivity index (χ4n) is 3.29. The SMILES string of the molecule is C=C1C=c2nc(C)nc(N[C@H](C)c3cccc(S(=O)(=O)C(C)(F)F)c3F)c2=CN1CC(F)F. The van der Waals surface area contributed by atoms with Crippen molar-refractivity contribution < 1.29 is 30.4 Å². The average molecular weight is 488 g/mol. The number of benzene rings is 1. The summed E-state index contributed by atoms with van der Waals surface area (Å²) < 4.78 is 92.2. The van der Waals surface area contributed by atoms with E-state index in [9.17, 15) is 26.0 Å². The number of hydrogen-bond acceptors (Lipinski definition) is 6. The third-order valence-corrected chi connectivity index (χ3v) is 6.79. The first-order valence-corrected chi connectivity index (χ1v) is 11.2. The maximum absolute atomic E-state index is 15.0. The first kappa shape index (κ1) is 24.6. The highest BCUT2D eigenvalue weighted by molar-refractivity contribution is 7.92. The van der Waals surface area contributed by atoms with Crippen LogP contribution in [0.3, 0.4) is 0 Å². The number of alkyl halides is 4. The van der Waals surface area contributed by atoms with E-state index in [1.165, 1.54) is 30.2 Å². The second kappa shape index (κ2) is 8.73. The molecule has 2 heterocycles. The highest BCUT2D eigenvalue weighted by Crippen LogP contribution is 2.33. The molecule has 0 unspecified atom stereocenters. The van der Waals surface area contributed by atoms with E-state index in [0.29, 0.717) is 22.1 Å². The number of halogens is 5. The van der Waals surface area contributed by atoms with Crippen LogP contribution in [0, 0.1) is 12.7 Å². The van der Waals surface area contributed by atoms with Gasteiger partial charge in [0.2, 0.25) is 9.84 Å². The predicted molar refractivity (Wildman–Crippen MR) is 113 cm³/mol. The van der Waals surface area contributed by atoms with Crippen molar-refractivity contribution >= 4 is 27.9 Å². The fourth-order valence-corrected chi connectivity index (χ4v) is 4.29. The van der Waals surface area contributed by atoms with Crippen LogP contribution in [-0.4, -0.2) is 41.5 Å². The minimum Gasteiger partial charge on any atom is -0.363 e. The van der Waals surface area contributed by atoms with Crippen molar-refractivity contribution in [2.45, 2.75) is 43.4 Å².